The third-order valence-corrected chi connectivity index (χ3v) is 8.90. The van der Waals surface area contributed by atoms with Crippen molar-refractivity contribution in [2.45, 2.75) is 45.6 Å². The van der Waals surface area contributed by atoms with Gasteiger partial charge in [0, 0.05) is 37.8 Å². The number of pyridine rings is 1. The van der Waals surface area contributed by atoms with Crippen molar-refractivity contribution in [3.05, 3.63) is 82.8 Å². The molecule has 2 aliphatic heterocycles. The van der Waals surface area contributed by atoms with Gasteiger partial charge in [-0.1, -0.05) is 24.3 Å². The lowest BCUT2D eigenvalue weighted by Crippen LogP contribution is -2.53. The lowest BCUT2D eigenvalue weighted by molar-refractivity contribution is -0.128. The van der Waals surface area contributed by atoms with Crippen molar-refractivity contribution >= 4 is 23.4 Å². The summed E-state index contributed by atoms with van der Waals surface area (Å²) in [4.78, 5) is 46.5. The highest BCUT2D eigenvalue weighted by molar-refractivity contribution is 6.01. The maximum absolute atomic E-state index is 14.5. The number of nitrogens with one attached hydrogen (secondary N) is 1. The number of amides is 3. The maximum atomic E-state index is 14.5. The van der Waals surface area contributed by atoms with Crippen LogP contribution in [0.3, 0.4) is 0 Å². The first-order valence-corrected chi connectivity index (χ1v) is 14.1. The van der Waals surface area contributed by atoms with Crippen LogP contribution in [0, 0.1) is 42.6 Å². The molecule has 218 valence electrons. The number of halogens is 3. The van der Waals surface area contributed by atoms with Gasteiger partial charge in [0.15, 0.2) is 0 Å². The van der Waals surface area contributed by atoms with Crippen molar-refractivity contribution in [3.63, 3.8) is 0 Å². The van der Waals surface area contributed by atoms with Gasteiger partial charge in [-0.25, -0.2) is 18.2 Å². The Morgan fingerprint density at radius 3 is 2.31 bits per heavy atom. The molecule has 3 aromatic rings. The van der Waals surface area contributed by atoms with E-state index in [9.17, 15) is 27.6 Å². The Labute approximate surface area is 241 Å². The molecule has 3 fully saturated rings. The number of nitrogens with zero attached hydrogens (tertiary/aromatic N) is 3. The lowest BCUT2D eigenvalue weighted by atomic mass is 9.65. The topological polar surface area (TPSA) is 82.6 Å². The fraction of sp³-hybridized carbons (Fsp3) is 0.375. The summed E-state index contributed by atoms with van der Waals surface area (Å²) in [6.45, 7) is 5.17. The van der Waals surface area contributed by atoms with E-state index in [-0.39, 0.29) is 35.4 Å². The largest absolute Gasteiger partial charge is 0.353 e. The number of aromatic nitrogens is 1. The van der Waals surface area contributed by atoms with Gasteiger partial charge in [-0.2, -0.15) is 0 Å². The summed E-state index contributed by atoms with van der Waals surface area (Å²) in [5.41, 5.74) is 1.48. The van der Waals surface area contributed by atoms with Crippen molar-refractivity contribution in [2.75, 3.05) is 24.5 Å². The van der Waals surface area contributed by atoms with E-state index in [0.717, 1.165) is 41.4 Å². The Morgan fingerprint density at radius 1 is 0.952 bits per heavy atom. The molecule has 3 heterocycles. The highest BCUT2D eigenvalue weighted by Gasteiger charge is 2.50. The number of para-hydroxylation sites is 1. The normalized spacial score (nSPS) is 23.4. The van der Waals surface area contributed by atoms with Gasteiger partial charge >= 0.3 is 0 Å². The van der Waals surface area contributed by atoms with Gasteiger partial charge in [0.05, 0.1) is 11.5 Å². The van der Waals surface area contributed by atoms with Crippen LogP contribution in [-0.2, 0) is 9.59 Å². The van der Waals surface area contributed by atoms with E-state index >= 15 is 0 Å². The van der Waals surface area contributed by atoms with Gasteiger partial charge in [-0.15, -0.1) is 0 Å². The molecule has 10 heteroatoms. The van der Waals surface area contributed by atoms with E-state index in [1.54, 1.807) is 9.80 Å². The minimum Gasteiger partial charge on any atom is -0.353 e. The maximum Gasteiger partial charge on any atom is 0.272 e. The molecular weight excluding hydrogens is 545 g/mol. The van der Waals surface area contributed by atoms with Gasteiger partial charge in [0.25, 0.3) is 5.91 Å². The molecule has 1 aliphatic carbocycles. The monoisotopic (exact) mass is 576 g/mol. The Bertz CT molecular complexity index is 1560. The summed E-state index contributed by atoms with van der Waals surface area (Å²) in [6, 6.07) is 11.2. The zero-order valence-electron chi connectivity index (χ0n) is 23.4. The summed E-state index contributed by atoms with van der Waals surface area (Å²) in [5, 5.41) is 3.10. The first kappa shape index (κ1) is 27.9. The summed E-state index contributed by atoms with van der Waals surface area (Å²) < 4.78 is 43.1. The van der Waals surface area contributed by atoms with Crippen molar-refractivity contribution < 1.29 is 27.6 Å². The number of aryl methyl sites for hydroxylation is 2. The highest BCUT2D eigenvalue weighted by Crippen LogP contribution is 2.48. The Hall–Kier alpha value is -4.21. The quantitative estimate of drug-likeness (QED) is 0.466. The van der Waals surface area contributed by atoms with Crippen LogP contribution in [0.25, 0.3) is 11.3 Å². The van der Waals surface area contributed by atoms with Crippen LogP contribution in [0.1, 0.15) is 47.3 Å². The average molecular weight is 577 g/mol. The van der Waals surface area contributed by atoms with E-state index in [4.69, 9.17) is 0 Å². The summed E-state index contributed by atoms with van der Waals surface area (Å²) in [6.07, 6.45) is 2.31. The number of carbonyl (C=O) groups is 3. The molecule has 0 bridgehead atoms. The molecule has 1 unspecified atom stereocenters. The fourth-order valence-corrected chi connectivity index (χ4v) is 6.80. The van der Waals surface area contributed by atoms with Crippen LogP contribution in [0.15, 0.2) is 48.5 Å². The second kappa shape index (κ2) is 10.6. The molecule has 1 spiro atoms. The fourth-order valence-electron chi connectivity index (χ4n) is 6.80. The molecule has 1 atom stereocenters. The molecular formula is C32H31F3N4O3. The van der Waals surface area contributed by atoms with Crippen LogP contribution in [0.2, 0.25) is 0 Å². The molecule has 6 rings (SSSR count). The average Bonchev–Trinajstić information content (AvgIpc) is 3.54. The second-order valence-electron chi connectivity index (χ2n) is 11.9. The van der Waals surface area contributed by atoms with Crippen molar-refractivity contribution in [2.24, 2.45) is 11.3 Å². The molecule has 2 saturated heterocycles. The smallest absolute Gasteiger partial charge is 0.272 e. The third kappa shape index (κ3) is 4.92. The van der Waals surface area contributed by atoms with Crippen molar-refractivity contribution in [1.29, 1.82) is 0 Å². The Balaban J connectivity index is 1.06. The number of hydrogen-bond acceptors (Lipinski definition) is 4. The molecule has 1 aromatic heterocycles. The number of rotatable bonds is 5. The van der Waals surface area contributed by atoms with Crippen molar-refractivity contribution in [3.8, 4) is 11.3 Å². The van der Waals surface area contributed by atoms with Crippen LogP contribution in [0.5, 0.6) is 0 Å². The molecule has 3 amide bonds. The predicted molar refractivity (Wildman–Crippen MR) is 150 cm³/mol. The van der Waals surface area contributed by atoms with Crippen LogP contribution in [0.4, 0.5) is 18.9 Å². The summed E-state index contributed by atoms with van der Waals surface area (Å²) in [5.74, 6) is -3.90. The van der Waals surface area contributed by atoms with Crippen molar-refractivity contribution in [1.82, 2.24) is 15.2 Å². The van der Waals surface area contributed by atoms with E-state index in [1.165, 1.54) is 12.1 Å². The molecule has 7 nitrogen and oxygen atoms in total. The van der Waals surface area contributed by atoms with Crippen LogP contribution >= 0.6 is 0 Å². The first-order chi connectivity index (χ1) is 20.0. The standard InChI is InChI=1S/C32H31F3N4O3/c1-18-5-3-6-19(2)29(18)39-16-20(13-26(39)40)30(41)36-21-14-32(15-21)11-12-38(17-32)31(42)25-10-9-24(35)28(37-25)27-22(33)7-4-8-23(27)34/h3-10,20-21H,11-17H2,1-2H3,(H,36,41). The van der Waals surface area contributed by atoms with Gasteiger partial charge < -0.3 is 15.1 Å². The van der Waals surface area contributed by atoms with Gasteiger partial charge in [-0.3, -0.25) is 14.4 Å². The molecule has 42 heavy (non-hydrogen) atoms. The Kier molecular flexibility index (Phi) is 7.03. The number of anilines is 1. The lowest BCUT2D eigenvalue weighted by Gasteiger charge is -2.45. The molecule has 3 aliphatic rings. The minimum atomic E-state index is -0.964. The number of hydrogen-bond donors (Lipinski definition) is 1. The zero-order chi connectivity index (χ0) is 29.8. The molecule has 1 N–H and O–H groups in total. The van der Waals surface area contributed by atoms with Gasteiger partial charge in [-0.05, 0) is 73.9 Å². The van der Waals surface area contributed by atoms with E-state index < -0.39 is 40.5 Å². The highest BCUT2D eigenvalue weighted by atomic mass is 19.1. The van der Waals surface area contributed by atoms with E-state index in [0.29, 0.717) is 32.5 Å². The number of likely N-dealkylation sites (tertiary alicyclic amines) is 1. The van der Waals surface area contributed by atoms with Gasteiger partial charge in [0.2, 0.25) is 11.8 Å². The number of carbonyl (C=O) groups excluding carboxylic acids is 3. The Morgan fingerprint density at radius 2 is 1.62 bits per heavy atom. The third-order valence-electron chi connectivity index (χ3n) is 8.90. The van der Waals surface area contributed by atoms with Gasteiger partial charge in [0.1, 0.15) is 28.8 Å². The summed E-state index contributed by atoms with van der Waals surface area (Å²) >= 11 is 0. The molecule has 0 radical (unpaired) electrons. The van der Waals surface area contributed by atoms with E-state index in [2.05, 4.69) is 10.3 Å². The van der Waals surface area contributed by atoms with E-state index in [1.807, 2.05) is 32.0 Å². The molecule has 2 aromatic carbocycles. The second-order valence-corrected chi connectivity index (χ2v) is 11.9. The van der Waals surface area contributed by atoms with Crippen LogP contribution in [-0.4, -0.2) is 53.3 Å². The summed E-state index contributed by atoms with van der Waals surface area (Å²) in [7, 11) is 0. The predicted octanol–water partition coefficient (Wildman–Crippen LogP) is 4.95. The molecule has 1 saturated carbocycles. The SMILES string of the molecule is Cc1cccc(C)c1N1CC(C(=O)NC2CC3(CCN(C(=O)c4ccc(F)c(-c5c(F)cccc5F)n4)C3)C2)CC1=O. The number of benzene rings is 2. The minimum absolute atomic E-state index is 0.0449. The first-order valence-electron chi connectivity index (χ1n) is 14.1. The van der Waals surface area contributed by atoms with Crippen LogP contribution < -0.4 is 10.2 Å². The zero-order valence-corrected chi connectivity index (χ0v) is 23.4.